The quantitative estimate of drug-likeness (QED) is 0.890. The normalized spacial score (nSPS) is 13.9. The lowest BCUT2D eigenvalue weighted by atomic mass is 10.2. The van der Waals surface area contributed by atoms with E-state index in [4.69, 9.17) is 17.3 Å². The minimum Gasteiger partial charge on any atom is -0.329 e. The summed E-state index contributed by atoms with van der Waals surface area (Å²) in [5.41, 5.74) is 4.06. The van der Waals surface area contributed by atoms with E-state index in [2.05, 4.69) is 0 Å². The Kier molecular flexibility index (Phi) is 6.96. The van der Waals surface area contributed by atoms with Crippen molar-refractivity contribution in [3.05, 3.63) is 28.8 Å². The van der Waals surface area contributed by atoms with Gasteiger partial charge in [0.05, 0.1) is 10.6 Å². The Morgan fingerprint density at radius 3 is 2.33 bits per heavy atom. The lowest BCUT2D eigenvalue weighted by molar-refractivity contribution is -0.139. The molecule has 0 spiro atoms. The lowest BCUT2D eigenvalue weighted by Gasteiger charge is -2.25. The van der Waals surface area contributed by atoms with E-state index >= 15 is 0 Å². The van der Waals surface area contributed by atoms with Gasteiger partial charge in [-0.3, -0.25) is 0 Å². The summed E-state index contributed by atoms with van der Waals surface area (Å²) >= 11 is 5.67. The molecule has 0 radical (unpaired) electrons. The maximum absolute atomic E-state index is 12.9. The first-order valence-electron chi connectivity index (χ1n) is 5.57. The zero-order valence-corrected chi connectivity index (χ0v) is 13.6. The number of alkyl halides is 3. The molecule has 4 nitrogen and oxygen atoms in total. The third-order valence-corrected chi connectivity index (χ3v) is 5.37. The van der Waals surface area contributed by atoms with Crippen LogP contribution in [0.2, 0.25) is 5.02 Å². The van der Waals surface area contributed by atoms with E-state index in [-0.39, 0.29) is 19.0 Å². The Morgan fingerprint density at radius 2 is 1.90 bits per heavy atom. The van der Waals surface area contributed by atoms with E-state index < -0.39 is 37.7 Å². The van der Waals surface area contributed by atoms with Gasteiger partial charge >= 0.3 is 6.18 Å². The molecule has 0 heterocycles. The van der Waals surface area contributed by atoms with Crippen molar-refractivity contribution in [2.75, 3.05) is 13.6 Å². The Morgan fingerprint density at radius 1 is 1.38 bits per heavy atom. The predicted octanol–water partition coefficient (Wildman–Crippen LogP) is 2.75. The molecule has 122 valence electrons. The van der Waals surface area contributed by atoms with E-state index in [0.29, 0.717) is 6.07 Å². The fourth-order valence-electron chi connectivity index (χ4n) is 1.52. The molecule has 1 atom stereocenters. The Hall–Kier alpha value is -0.540. The zero-order chi connectivity index (χ0) is 15.7. The molecule has 0 aliphatic rings. The summed E-state index contributed by atoms with van der Waals surface area (Å²) in [6.07, 6.45) is -4.82. The molecule has 10 heteroatoms. The number of likely N-dealkylation sites (N-methyl/N-ethyl adjacent to an activating group) is 1. The topological polar surface area (TPSA) is 63.4 Å². The van der Waals surface area contributed by atoms with Gasteiger partial charge in [0.15, 0.2) is 0 Å². The molecule has 1 rings (SSSR count). The highest BCUT2D eigenvalue weighted by molar-refractivity contribution is 7.89. The number of sulfonamides is 1. The molecule has 1 aromatic carbocycles. The van der Waals surface area contributed by atoms with Crippen molar-refractivity contribution in [3.8, 4) is 0 Å². The van der Waals surface area contributed by atoms with Gasteiger partial charge in [-0.1, -0.05) is 17.7 Å². The van der Waals surface area contributed by atoms with Gasteiger partial charge in [0.25, 0.3) is 0 Å². The van der Waals surface area contributed by atoms with Crippen molar-refractivity contribution < 1.29 is 21.6 Å². The summed E-state index contributed by atoms with van der Waals surface area (Å²) < 4.78 is 64.2. The van der Waals surface area contributed by atoms with Gasteiger partial charge in [0.2, 0.25) is 10.0 Å². The van der Waals surface area contributed by atoms with Crippen molar-refractivity contribution in [3.63, 3.8) is 0 Å². The Balaban J connectivity index is 0.00000400. The second kappa shape index (κ2) is 7.15. The molecule has 0 amide bonds. The molecule has 1 unspecified atom stereocenters. The molecule has 0 aliphatic carbocycles. The van der Waals surface area contributed by atoms with Gasteiger partial charge in [-0.15, -0.1) is 12.4 Å². The van der Waals surface area contributed by atoms with Crippen molar-refractivity contribution in [2.45, 2.75) is 24.0 Å². The third-order valence-electron chi connectivity index (χ3n) is 2.87. The molecule has 0 bridgehead atoms. The number of hydrogen-bond donors (Lipinski definition) is 1. The molecule has 0 aliphatic heterocycles. The summed E-state index contributed by atoms with van der Waals surface area (Å²) in [6.45, 7) is 1.46. The summed E-state index contributed by atoms with van der Waals surface area (Å²) in [5.74, 6) is 0. The minimum atomic E-state index is -4.82. The van der Waals surface area contributed by atoms with E-state index in [1.54, 1.807) is 0 Å². The summed E-state index contributed by atoms with van der Waals surface area (Å²) in [4.78, 5) is -0.947. The third kappa shape index (κ3) is 4.23. The van der Waals surface area contributed by atoms with Crippen LogP contribution in [-0.4, -0.2) is 32.4 Å². The molecule has 0 saturated carbocycles. The smallest absolute Gasteiger partial charge is 0.329 e. The van der Waals surface area contributed by atoms with Crippen LogP contribution >= 0.6 is 24.0 Å². The lowest BCUT2D eigenvalue weighted by Crippen LogP contribution is -2.40. The highest BCUT2D eigenvalue weighted by Crippen LogP contribution is 2.38. The molecule has 21 heavy (non-hydrogen) atoms. The average molecular weight is 367 g/mol. The van der Waals surface area contributed by atoms with Crippen molar-refractivity contribution in [1.29, 1.82) is 0 Å². The summed E-state index contributed by atoms with van der Waals surface area (Å²) in [7, 11) is -3.23. The maximum Gasteiger partial charge on any atom is 0.417 e. The van der Waals surface area contributed by atoms with E-state index in [1.807, 2.05) is 0 Å². The molecular formula is C11H15Cl2F3N2O2S. The van der Waals surface area contributed by atoms with Crippen LogP contribution in [0.25, 0.3) is 0 Å². The van der Waals surface area contributed by atoms with Crippen molar-refractivity contribution in [1.82, 2.24) is 4.31 Å². The van der Waals surface area contributed by atoms with Crippen LogP contribution in [0.3, 0.4) is 0 Å². The highest BCUT2D eigenvalue weighted by Gasteiger charge is 2.40. The highest BCUT2D eigenvalue weighted by atomic mass is 35.5. The first-order valence-corrected chi connectivity index (χ1v) is 7.39. The summed E-state index contributed by atoms with van der Waals surface area (Å²) in [6, 6.07) is 2.18. The number of rotatable bonds is 4. The average Bonchev–Trinajstić information content (AvgIpc) is 2.35. The van der Waals surface area contributed by atoms with Crippen LogP contribution < -0.4 is 5.73 Å². The SMILES string of the molecule is CC(CN)N(C)S(=O)(=O)c1c(Cl)cccc1C(F)(F)F.Cl. The standard InChI is InChI=1S/C11H14ClF3N2O2S.ClH/c1-7(6-16)17(2)20(18,19)10-8(11(13,14)15)4-3-5-9(10)12;/h3-5,7H,6,16H2,1-2H3;1H. The van der Waals surface area contributed by atoms with Crippen LogP contribution in [0.5, 0.6) is 0 Å². The minimum absolute atomic E-state index is 0. The largest absolute Gasteiger partial charge is 0.417 e. The van der Waals surface area contributed by atoms with Crippen LogP contribution in [0.15, 0.2) is 23.1 Å². The van der Waals surface area contributed by atoms with Crippen LogP contribution in [0, 0.1) is 0 Å². The summed E-state index contributed by atoms with van der Waals surface area (Å²) in [5, 5.41) is -0.476. The number of hydrogen-bond acceptors (Lipinski definition) is 3. The van der Waals surface area contributed by atoms with Crippen LogP contribution in [0.4, 0.5) is 13.2 Å². The number of halogens is 5. The first-order chi connectivity index (χ1) is 9.03. The molecule has 0 aromatic heterocycles. The van der Waals surface area contributed by atoms with Crippen LogP contribution in [0.1, 0.15) is 12.5 Å². The van der Waals surface area contributed by atoms with Gasteiger partial charge in [0.1, 0.15) is 4.90 Å². The van der Waals surface area contributed by atoms with Crippen molar-refractivity contribution in [2.24, 2.45) is 5.73 Å². The Labute approximate surface area is 132 Å². The van der Waals surface area contributed by atoms with E-state index in [9.17, 15) is 21.6 Å². The first kappa shape index (κ1) is 20.5. The van der Waals surface area contributed by atoms with E-state index in [1.165, 1.54) is 6.92 Å². The molecule has 2 N–H and O–H groups in total. The molecular weight excluding hydrogens is 352 g/mol. The Bertz CT molecular complexity index is 594. The molecule has 0 saturated heterocycles. The fourth-order valence-corrected chi connectivity index (χ4v) is 3.61. The van der Waals surface area contributed by atoms with E-state index in [0.717, 1.165) is 23.5 Å². The fraction of sp³-hybridized carbons (Fsp3) is 0.455. The van der Waals surface area contributed by atoms with Crippen LogP contribution in [-0.2, 0) is 16.2 Å². The zero-order valence-electron chi connectivity index (χ0n) is 11.2. The van der Waals surface area contributed by atoms with Gasteiger partial charge in [0, 0.05) is 19.6 Å². The number of nitrogens with two attached hydrogens (primary N) is 1. The predicted molar refractivity (Wildman–Crippen MR) is 77.2 cm³/mol. The number of benzene rings is 1. The molecule has 1 aromatic rings. The van der Waals surface area contributed by atoms with Crippen molar-refractivity contribution >= 4 is 34.0 Å². The molecule has 0 fully saturated rings. The maximum atomic E-state index is 12.9. The van der Waals surface area contributed by atoms with Gasteiger partial charge in [-0.05, 0) is 19.1 Å². The number of nitrogens with zero attached hydrogens (tertiary/aromatic N) is 1. The van der Waals surface area contributed by atoms with Gasteiger partial charge in [-0.2, -0.15) is 17.5 Å². The van der Waals surface area contributed by atoms with Gasteiger partial charge in [-0.25, -0.2) is 8.42 Å². The second-order valence-corrected chi connectivity index (χ2v) is 6.56. The second-order valence-electron chi connectivity index (χ2n) is 4.22. The monoisotopic (exact) mass is 366 g/mol. The van der Waals surface area contributed by atoms with Gasteiger partial charge < -0.3 is 5.73 Å².